The van der Waals surface area contributed by atoms with Crippen LogP contribution in [0.5, 0.6) is 0 Å². The van der Waals surface area contributed by atoms with E-state index in [0.717, 1.165) is 83.1 Å². The number of anilines is 4. The minimum absolute atomic E-state index is 0.121. The average Bonchev–Trinajstić information content (AvgIpc) is 3.37. The summed E-state index contributed by atoms with van der Waals surface area (Å²) in [5.74, 6) is 1.23. The molecule has 0 saturated carbocycles. The molecule has 9 heteroatoms. The molecule has 2 aliphatic heterocycles. The van der Waals surface area contributed by atoms with Crippen molar-refractivity contribution >= 4 is 44.8 Å². The molecule has 194 valence electrons. The van der Waals surface area contributed by atoms with E-state index in [1.165, 1.54) is 5.69 Å². The van der Waals surface area contributed by atoms with Crippen molar-refractivity contribution in [2.24, 2.45) is 0 Å². The van der Waals surface area contributed by atoms with E-state index >= 15 is 0 Å². The number of benzene rings is 2. The van der Waals surface area contributed by atoms with Gasteiger partial charge in [0.1, 0.15) is 5.82 Å². The van der Waals surface area contributed by atoms with Gasteiger partial charge in [-0.1, -0.05) is 12.1 Å². The molecule has 1 fully saturated rings. The molecule has 4 aromatic rings. The molecule has 1 amide bonds. The number of carbonyl (C=O) groups excluding carboxylic acids is 1. The summed E-state index contributed by atoms with van der Waals surface area (Å²) in [6.07, 6.45) is 5.36. The van der Waals surface area contributed by atoms with Crippen molar-refractivity contribution in [3.05, 3.63) is 87.3 Å². The number of amides is 1. The van der Waals surface area contributed by atoms with Crippen molar-refractivity contribution in [3.63, 3.8) is 0 Å². The summed E-state index contributed by atoms with van der Waals surface area (Å²) >= 11 is 3.55. The number of halogens is 1. The molecule has 0 bridgehead atoms. The third kappa shape index (κ3) is 4.68. The van der Waals surface area contributed by atoms with Gasteiger partial charge in [-0.05, 0) is 84.1 Å². The first kappa shape index (κ1) is 24.6. The first-order chi connectivity index (χ1) is 18.5. The number of nitrogens with zero attached hydrogens (tertiary/aromatic N) is 4. The maximum atomic E-state index is 13.3. The zero-order valence-electron chi connectivity index (χ0n) is 21.5. The number of hydrogen-bond donors (Lipinski definition) is 3. The van der Waals surface area contributed by atoms with Crippen molar-refractivity contribution in [2.45, 2.75) is 26.7 Å². The van der Waals surface area contributed by atoms with Crippen LogP contribution in [0.2, 0.25) is 0 Å². The van der Waals surface area contributed by atoms with E-state index in [4.69, 9.17) is 4.98 Å². The van der Waals surface area contributed by atoms with Crippen LogP contribution < -0.4 is 20.9 Å². The van der Waals surface area contributed by atoms with E-state index < -0.39 is 0 Å². The van der Waals surface area contributed by atoms with Gasteiger partial charge < -0.3 is 25.4 Å². The number of piperazine rings is 1. The molecule has 0 radical (unpaired) electrons. The SMILES string of the molecule is Cc1cc(N2CCNCC2)ccc1Nc1ncc2c(n1)-n1ccc(C(=O)Nc3c(C)cccc3Br)c1CC2. The third-order valence-corrected chi connectivity index (χ3v) is 8.00. The van der Waals surface area contributed by atoms with E-state index in [-0.39, 0.29) is 5.91 Å². The minimum Gasteiger partial charge on any atom is -0.369 e. The van der Waals surface area contributed by atoms with Crippen molar-refractivity contribution in [1.82, 2.24) is 19.9 Å². The standard InChI is InChI=1S/C29H30BrN7O/c1-18-4-3-5-23(30)26(18)34-28(38)22-10-13-37-25(22)9-6-20-17-32-29(35-27(20)37)33-24-8-7-21(16-19(24)2)36-14-11-31-12-15-36/h3-5,7-8,10,13,16-17,31H,6,9,11-12,14-15H2,1-2H3,(H,34,38)(H,32,33,35). The van der Waals surface area contributed by atoms with Gasteiger partial charge in [0.05, 0.1) is 11.3 Å². The van der Waals surface area contributed by atoms with Gasteiger partial charge in [-0.2, -0.15) is 4.98 Å². The van der Waals surface area contributed by atoms with Crippen LogP contribution in [-0.4, -0.2) is 46.6 Å². The molecule has 0 atom stereocenters. The number of aryl methyl sites for hydroxylation is 3. The van der Waals surface area contributed by atoms with Gasteiger partial charge in [-0.25, -0.2) is 4.98 Å². The highest BCUT2D eigenvalue weighted by molar-refractivity contribution is 9.10. The molecule has 1 saturated heterocycles. The lowest BCUT2D eigenvalue weighted by Crippen LogP contribution is -2.43. The highest BCUT2D eigenvalue weighted by atomic mass is 79.9. The van der Waals surface area contributed by atoms with Crippen LogP contribution in [0.15, 0.2) is 59.3 Å². The Morgan fingerprint density at radius 2 is 1.89 bits per heavy atom. The van der Waals surface area contributed by atoms with Crippen molar-refractivity contribution in [1.29, 1.82) is 0 Å². The molecule has 3 N–H and O–H groups in total. The van der Waals surface area contributed by atoms with E-state index in [0.29, 0.717) is 11.5 Å². The van der Waals surface area contributed by atoms with Gasteiger partial charge in [-0.3, -0.25) is 4.79 Å². The van der Waals surface area contributed by atoms with Gasteiger partial charge in [0.25, 0.3) is 5.91 Å². The smallest absolute Gasteiger partial charge is 0.257 e. The Hall–Kier alpha value is -3.69. The Bertz CT molecular complexity index is 1500. The molecule has 2 aliphatic rings. The quantitative estimate of drug-likeness (QED) is 0.307. The Kier molecular flexibility index (Phi) is 6.63. The number of nitrogens with one attached hydrogen (secondary N) is 3. The number of aromatic nitrogens is 3. The number of carbonyl (C=O) groups is 1. The molecule has 2 aromatic carbocycles. The van der Waals surface area contributed by atoms with E-state index in [1.807, 2.05) is 48.1 Å². The number of rotatable bonds is 5. The molecule has 6 rings (SSSR count). The lowest BCUT2D eigenvalue weighted by molar-refractivity contribution is 0.102. The summed E-state index contributed by atoms with van der Waals surface area (Å²) in [5, 5.41) is 9.89. The topological polar surface area (TPSA) is 87.1 Å². The Labute approximate surface area is 230 Å². The normalized spacial score (nSPS) is 14.6. The Morgan fingerprint density at radius 3 is 2.68 bits per heavy atom. The maximum Gasteiger partial charge on any atom is 0.257 e. The molecular weight excluding hydrogens is 542 g/mol. The summed E-state index contributed by atoms with van der Waals surface area (Å²) in [7, 11) is 0. The van der Waals surface area contributed by atoms with E-state index in [2.05, 4.69) is 66.9 Å². The van der Waals surface area contributed by atoms with Crippen LogP contribution in [0, 0.1) is 13.8 Å². The molecular formula is C29H30BrN7O. The first-order valence-corrected chi connectivity index (χ1v) is 13.7. The van der Waals surface area contributed by atoms with E-state index in [9.17, 15) is 4.79 Å². The monoisotopic (exact) mass is 571 g/mol. The molecule has 0 aliphatic carbocycles. The van der Waals surface area contributed by atoms with Crippen molar-refractivity contribution in [2.75, 3.05) is 41.7 Å². The lowest BCUT2D eigenvalue weighted by Gasteiger charge is -2.30. The first-order valence-electron chi connectivity index (χ1n) is 12.9. The fraction of sp³-hybridized carbons (Fsp3) is 0.276. The predicted molar refractivity (Wildman–Crippen MR) is 155 cm³/mol. The van der Waals surface area contributed by atoms with Crippen LogP contribution in [0.3, 0.4) is 0 Å². The van der Waals surface area contributed by atoms with Gasteiger partial charge in [-0.15, -0.1) is 0 Å². The highest BCUT2D eigenvalue weighted by Gasteiger charge is 2.24. The zero-order valence-corrected chi connectivity index (χ0v) is 23.1. The summed E-state index contributed by atoms with van der Waals surface area (Å²) in [5.41, 5.74) is 7.85. The molecule has 38 heavy (non-hydrogen) atoms. The average molecular weight is 573 g/mol. The van der Waals surface area contributed by atoms with Gasteiger partial charge in [0.2, 0.25) is 5.95 Å². The second kappa shape index (κ2) is 10.2. The summed E-state index contributed by atoms with van der Waals surface area (Å²) in [4.78, 5) is 25.1. The Morgan fingerprint density at radius 1 is 1.05 bits per heavy atom. The molecule has 4 heterocycles. The predicted octanol–water partition coefficient (Wildman–Crippen LogP) is 5.15. The molecule has 8 nitrogen and oxygen atoms in total. The van der Waals surface area contributed by atoms with Crippen LogP contribution in [0.1, 0.15) is 32.7 Å². The highest BCUT2D eigenvalue weighted by Crippen LogP contribution is 2.31. The van der Waals surface area contributed by atoms with Gasteiger partial charge in [0, 0.05) is 65.7 Å². The number of hydrogen-bond acceptors (Lipinski definition) is 6. The lowest BCUT2D eigenvalue weighted by atomic mass is 10.0. The van der Waals surface area contributed by atoms with Crippen LogP contribution in [-0.2, 0) is 12.8 Å². The zero-order chi connectivity index (χ0) is 26.2. The summed E-state index contributed by atoms with van der Waals surface area (Å²) in [6, 6.07) is 14.2. The maximum absolute atomic E-state index is 13.3. The third-order valence-electron chi connectivity index (χ3n) is 7.34. The molecule has 0 unspecified atom stereocenters. The summed E-state index contributed by atoms with van der Waals surface area (Å²) in [6.45, 7) is 8.14. The van der Waals surface area contributed by atoms with Crippen LogP contribution in [0.25, 0.3) is 5.82 Å². The number of fused-ring (bicyclic) bond motifs is 3. The summed E-state index contributed by atoms with van der Waals surface area (Å²) < 4.78 is 2.89. The van der Waals surface area contributed by atoms with Gasteiger partial charge >= 0.3 is 0 Å². The minimum atomic E-state index is -0.121. The van der Waals surface area contributed by atoms with Gasteiger partial charge in [0.15, 0.2) is 0 Å². The Balaban J connectivity index is 1.24. The molecule has 0 spiro atoms. The van der Waals surface area contributed by atoms with Crippen LogP contribution in [0.4, 0.5) is 23.0 Å². The second-order valence-electron chi connectivity index (χ2n) is 9.84. The largest absolute Gasteiger partial charge is 0.369 e. The fourth-order valence-corrected chi connectivity index (χ4v) is 5.79. The fourth-order valence-electron chi connectivity index (χ4n) is 5.22. The van der Waals surface area contributed by atoms with Crippen molar-refractivity contribution in [3.8, 4) is 5.82 Å². The number of para-hydroxylation sites is 1. The molecule has 2 aromatic heterocycles. The van der Waals surface area contributed by atoms with Crippen LogP contribution >= 0.6 is 15.9 Å². The van der Waals surface area contributed by atoms with Crippen molar-refractivity contribution < 1.29 is 4.79 Å². The van der Waals surface area contributed by atoms with E-state index in [1.54, 1.807) is 0 Å². The second-order valence-corrected chi connectivity index (χ2v) is 10.7.